The lowest BCUT2D eigenvalue weighted by Crippen LogP contribution is -2.45. The van der Waals surface area contributed by atoms with E-state index in [0.29, 0.717) is 17.9 Å². The Morgan fingerprint density at radius 1 is 1.29 bits per heavy atom. The summed E-state index contributed by atoms with van der Waals surface area (Å²) in [5, 5.41) is 13.8. The molecule has 0 aromatic heterocycles. The van der Waals surface area contributed by atoms with Gasteiger partial charge in [-0.2, -0.15) is 0 Å². The van der Waals surface area contributed by atoms with Crippen LogP contribution in [0.3, 0.4) is 0 Å². The van der Waals surface area contributed by atoms with Gasteiger partial charge in [0.25, 0.3) is 0 Å². The molecule has 0 fully saturated rings. The quantitative estimate of drug-likeness (QED) is 0.706. The number of urea groups is 1. The second-order valence-electron chi connectivity index (χ2n) is 4.30. The summed E-state index contributed by atoms with van der Waals surface area (Å²) in [6.07, 6.45) is 0.314. The number of amides is 2. The summed E-state index contributed by atoms with van der Waals surface area (Å²) in [5.74, 6) is 0.173. The monoisotopic (exact) mass is 296 g/mol. The van der Waals surface area contributed by atoms with Gasteiger partial charge in [0.1, 0.15) is 17.5 Å². The van der Waals surface area contributed by atoms with E-state index in [-0.39, 0.29) is 6.54 Å². The van der Waals surface area contributed by atoms with Crippen LogP contribution in [0.15, 0.2) is 18.2 Å². The smallest absolute Gasteiger partial charge is 0.326 e. The van der Waals surface area contributed by atoms with Crippen LogP contribution in [0.4, 0.5) is 4.79 Å². The number of carbonyl (C=O) groups is 2. The Hall–Kier alpha value is -2.44. The SMILES string of the molecule is CCC(NC(=O)NCc1ccc(OC)cc1OC)C(=O)O. The van der Waals surface area contributed by atoms with Crippen LogP contribution in [0.1, 0.15) is 18.9 Å². The van der Waals surface area contributed by atoms with Crippen LogP contribution in [0.2, 0.25) is 0 Å². The molecule has 7 nitrogen and oxygen atoms in total. The molecule has 0 saturated heterocycles. The normalized spacial score (nSPS) is 11.4. The molecule has 3 N–H and O–H groups in total. The lowest BCUT2D eigenvalue weighted by atomic mass is 10.2. The first kappa shape index (κ1) is 16.6. The third-order valence-corrected chi connectivity index (χ3v) is 2.95. The van der Waals surface area contributed by atoms with Crippen LogP contribution in [0.5, 0.6) is 11.5 Å². The molecule has 1 atom stereocenters. The van der Waals surface area contributed by atoms with E-state index in [1.807, 2.05) is 0 Å². The van der Waals surface area contributed by atoms with E-state index >= 15 is 0 Å². The van der Waals surface area contributed by atoms with E-state index in [9.17, 15) is 9.59 Å². The van der Waals surface area contributed by atoms with Gasteiger partial charge in [-0.15, -0.1) is 0 Å². The lowest BCUT2D eigenvalue weighted by molar-refractivity contribution is -0.139. The maximum absolute atomic E-state index is 11.7. The molecule has 0 heterocycles. The Morgan fingerprint density at radius 2 is 2.00 bits per heavy atom. The number of nitrogens with one attached hydrogen (secondary N) is 2. The molecule has 7 heteroatoms. The zero-order valence-corrected chi connectivity index (χ0v) is 12.3. The molecule has 0 aliphatic heterocycles. The number of carboxylic acids is 1. The molecule has 0 aliphatic carbocycles. The predicted molar refractivity (Wildman–Crippen MR) is 76.6 cm³/mol. The van der Waals surface area contributed by atoms with Gasteiger partial charge in [0.05, 0.1) is 14.2 Å². The van der Waals surface area contributed by atoms with Crippen molar-refractivity contribution >= 4 is 12.0 Å². The van der Waals surface area contributed by atoms with Gasteiger partial charge in [0, 0.05) is 18.2 Å². The van der Waals surface area contributed by atoms with Crippen molar-refractivity contribution in [3.8, 4) is 11.5 Å². The van der Waals surface area contributed by atoms with Gasteiger partial charge in [-0.05, 0) is 18.6 Å². The number of rotatable bonds is 7. The van der Waals surface area contributed by atoms with Crippen molar-refractivity contribution in [3.63, 3.8) is 0 Å². The average Bonchev–Trinajstić information content (AvgIpc) is 2.49. The van der Waals surface area contributed by atoms with Crippen LogP contribution in [0, 0.1) is 0 Å². The Balaban J connectivity index is 2.62. The number of carboxylic acid groups (broad SMARTS) is 1. The van der Waals surface area contributed by atoms with Crippen molar-refractivity contribution in [1.82, 2.24) is 10.6 Å². The largest absolute Gasteiger partial charge is 0.497 e. The summed E-state index contributed by atoms with van der Waals surface area (Å²) in [6, 6.07) is 3.79. The van der Waals surface area contributed by atoms with E-state index < -0.39 is 18.0 Å². The van der Waals surface area contributed by atoms with Crippen LogP contribution in [-0.4, -0.2) is 37.4 Å². The summed E-state index contributed by atoms with van der Waals surface area (Å²) in [5.41, 5.74) is 0.761. The van der Waals surface area contributed by atoms with Gasteiger partial charge in [-0.1, -0.05) is 6.92 Å². The van der Waals surface area contributed by atoms with Crippen LogP contribution in [0.25, 0.3) is 0 Å². The van der Waals surface area contributed by atoms with E-state index in [2.05, 4.69) is 10.6 Å². The number of carbonyl (C=O) groups excluding carboxylic acids is 1. The van der Waals surface area contributed by atoms with Crippen LogP contribution in [-0.2, 0) is 11.3 Å². The molecule has 0 bridgehead atoms. The third-order valence-electron chi connectivity index (χ3n) is 2.95. The number of hydrogen-bond donors (Lipinski definition) is 3. The van der Waals surface area contributed by atoms with E-state index in [1.54, 1.807) is 32.2 Å². The van der Waals surface area contributed by atoms with Gasteiger partial charge in [-0.3, -0.25) is 0 Å². The minimum atomic E-state index is -1.06. The second kappa shape index (κ2) is 7.98. The minimum Gasteiger partial charge on any atom is -0.497 e. The Labute approximate surface area is 123 Å². The summed E-state index contributed by atoms with van der Waals surface area (Å²) >= 11 is 0. The number of aliphatic carboxylic acids is 1. The highest BCUT2D eigenvalue weighted by atomic mass is 16.5. The van der Waals surface area contributed by atoms with Crippen LogP contribution < -0.4 is 20.1 Å². The zero-order valence-electron chi connectivity index (χ0n) is 12.3. The molecule has 1 aromatic carbocycles. The molecule has 0 spiro atoms. The number of benzene rings is 1. The molecule has 1 aromatic rings. The molecule has 0 radical (unpaired) electrons. The van der Waals surface area contributed by atoms with E-state index in [4.69, 9.17) is 14.6 Å². The van der Waals surface area contributed by atoms with E-state index in [1.165, 1.54) is 7.11 Å². The van der Waals surface area contributed by atoms with Crippen molar-refractivity contribution in [2.75, 3.05) is 14.2 Å². The minimum absolute atomic E-state index is 0.217. The van der Waals surface area contributed by atoms with Gasteiger partial charge in [0.15, 0.2) is 0 Å². The number of hydrogen-bond acceptors (Lipinski definition) is 4. The Morgan fingerprint density at radius 3 is 2.52 bits per heavy atom. The molecule has 0 aliphatic rings. The second-order valence-corrected chi connectivity index (χ2v) is 4.30. The lowest BCUT2D eigenvalue weighted by Gasteiger charge is -2.14. The van der Waals surface area contributed by atoms with Gasteiger partial charge >= 0.3 is 12.0 Å². The Kier molecular flexibility index (Phi) is 6.32. The molecule has 2 amide bonds. The van der Waals surface area contributed by atoms with Crippen molar-refractivity contribution in [2.24, 2.45) is 0 Å². The van der Waals surface area contributed by atoms with Gasteiger partial charge in [-0.25, -0.2) is 9.59 Å². The fraction of sp³-hybridized carbons (Fsp3) is 0.429. The Bertz CT molecular complexity index is 504. The summed E-state index contributed by atoms with van der Waals surface area (Å²) < 4.78 is 10.3. The molecular weight excluding hydrogens is 276 g/mol. The third kappa shape index (κ3) is 4.87. The first-order valence-corrected chi connectivity index (χ1v) is 6.49. The zero-order chi connectivity index (χ0) is 15.8. The van der Waals surface area contributed by atoms with Crippen molar-refractivity contribution < 1.29 is 24.2 Å². The molecule has 1 unspecified atom stereocenters. The van der Waals surface area contributed by atoms with Crippen LogP contribution >= 0.6 is 0 Å². The highest BCUT2D eigenvalue weighted by Crippen LogP contribution is 2.24. The first-order chi connectivity index (χ1) is 10.0. The highest BCUT2D eigenvalue weighted by Gasteiger charge is 2.17. The molecule has 21 heavy (non-hydrogen) atoms. The van der Waals surface area contributed by atoms with Crippen molar-refractivity contribution in [3.05, 3.63) is 23.8 Å². The molecule has 0 saturated carbocycles. The molecule has 1 rings (SSSR count). The van der Waals surface area contributed by atoms with E-state index in [0.717, 1.165) is 5.56 Å². The first-order valence-electron chi connectivity index (χ1n) is 6.49. The summed E-state index contributed by atoms with van der Waals surface area (Å²) in [6.45, 7) is 1.90. The highest BCUT2D eigenvalue weighted by molar-refractivity contribution is 5.82. The maximum atomic E-state index is 11.7. The number of methoxy groups -OCH3 is 2. The maximum Gasteiger partial charge on any atom is 0.326 e. The van der Waals surface area contributed by atoms with Crippen molar-refractivity contribution in [2.45, 2.75) is 25.9 Å². The molecular formula is C14H20N2O5. The fourth-order valence-corrected chi connectivity index (χ4v) is 1.72. The summed E-state index contributed by atoms with van der Waals surface area (Å²) in [7, 11) is 3.08. The van der Waals surface area contributed by atoms with Gasteiger partial charge in [0.2, 0.25) is 0 Å². The molecule has 116 valence electrons. The topological polar surface area (TPSA) is 96.9 Å². The summed E-state index contributed by atoms with van der Waals surface area (Å²) in [4.78, 5) is 22.5. The fourth-order valence-electron chi connectivity index (χ4n) is 1.72. The standard InChI is InChI=1S/C14H20N2O5/c1-4-11(13(17)18)16-14(19)15-8-9-5-6-10(20-2)7-12(9)21-3/h5-7,11H,4,8H2,1-3H3,(H,17,18)(H2,15,16,19). The number of ether oxygens (including phenoxy) is 2. The average molecular weight is 296 g/mol. The van der Waals surface area contributed by atoms with Gasteiger partial charge < -0.3 is 25.2 Å². The van der Waals surface area contributed by atoms with Crippen molar-refractivity contribution in [1.29, 1.82) is 0 Å². The predicted octanol–water partition coefficient (Wildman–Crippen LogP) is 1.37.